The zero-order valence-electron chi connectivity index (χ0n) is 15.1. The van der Waals surface area contributed by atoms with E-state index in [9.17, 15) is 4.79 Å². The van der Waals surface area contributed by atoms with Gasteiger partial charge in [-0.2, -0.15) is 0 Å². The van der Waals surface area contributed by atoms with E-state index < -0.39 is 0 Å². The number of nitrogens with zero attached hydrogens (tertiary/aromatic N) is 1. The Hall–Kier alpha value is -2.31. The van der Waals surface area contributed by atoms with Crippen molar-refractivity contribution in [3.8, 4) is 0 Å². The Morgan fingerprint density at radius 1 is 1.15 bits per heavy atom. The normalized spacial score (nSPS) is 14.5. The number of hydrogen-bond donors (Lipinski definition) is 1. The second-order valence-electron chi connectivity index (χ2n) is 6.65. The number of morpholine rings is 1. The zero-order valence-corrected chi connectivity index (χ0v) is 16.7. The molecule has 1 aliphatic heterocycles. The SMILES string of the molecule is Cc1c(C(=O)NCc2ccc(N3CCOCC3)cc2)oc2ccc(Br)cc12. The molecule has 0 bridgehead atoms. The fourth-order valence-corrected chi connectivity index (χ4v) is 3.68. The molecular formula is C21H21BrN2O3. The standard InChI is InChI=1S/C21H21BrN2O3/c1-14-18-12-16(22)4-7-19(18)27-20(14)21(25)23-13-15-2-5-17(6-3-15)24-8-10-26-11-9-24/h2-7,12H,8-11,13H2,1H3,(H,23,25). The lowest BCUT2D eigenvalue weighted by atomic mass is 10.1. The molecule has 6 heteroatoms. The third kappa shape index (κ3) is 3.87. The van der Waals surface area contributed by atoms with Crippen LogP contribution in [0, 0.1) is 6.92 Å². The minimum atomic E-state index is -0.197. The van der Waals surface area contributed by atoms with Gasteiger partial charge >= 0.3 is 0 Å². The fraction of sp³-hybridized carbons (Fsp3) is 0.286. The van der Waals surface area contributed by atoms with Crippen LogP contribution in [0.3, 0.4) is 0 Å². The molecule has 27 heavy (non-hydrogen) atoms. The Balaban J connectivity index is 1.42. The Bertz CT molecular complexity index is 959. The number of benzene rings is 2. The highest BCUT2D eigenvalue weighted by molar-refractivity contribution is 9.10. The number of ether oxygens (including phenoxy) is 1. The number of nitrogens with one attached hydrogen (secondary N) is 1. The average molecular weight is 429 g/mol. The highest BCUT2D eigenvalue weighted by Gasteiger charge is 2.17. The van der Waals surface area contributed by atoms with Gasteiger partial charge in [-0.05, 0) is 42.8 Å². The van der Waals surface area contributed by atoms with E-state index in [1.165, 1.54) is 5.69 Å². The van der Waals surface area contributed by atoms with Crippen LogP contribution in [-0.4, -0.2) is 32.2 Å². The summed E-state index contributed by atoms with van der Waals surface area (Å²) >= 11 is 3.46. The first-order chi connectivity index (χ1) is 13.1. The molecule has 1 aromatic heterocycles. The lowest BCUT2D eigenvalue weighted by molar-refractivity contribution is 0.0924. The molecule has 1 fully saturated rings. The number of hydrogen-bond acceptors (Lipinski definition) is 4. The van der Waals surface area contributed by atoms with Gasteiger partial charge in [-0.1, -0.05) is 28.1 Å². The van der Waals surface area contributed by atoms with Crippen molar-refractivity contribution in [2.24, 2.45) is 0 Å². The Morgan fingerprint density at radius 2 is 1.89 bits per heavy atom. The van der Waals surface area contributed by atoms with Crippen LogP contribution in [0.25, 0.3) is 11.0 Å². The van der Waals surface area contributed by atoms with Crippen molar-refractivity contribution in [1.82, 2.24) is 5.32 Å². The maximum absolute atomic E-state index is 12.6. The van der Waals surface area contributed by atoms with Crippen molar-refractivity contribution >= 4 is 38.5 Å². The molecule has 0 radical (unpaired) electrons. The van der Waals surface area contributed by atoms with Gasteiger partial charge in [-0.15, -0.1) is 0 Å². The molecule has 5 nitrogen and oxygen atoms in total. The molecule has 0 spiro atoms. The van der Waals surface area contributed by atoms with E-state index in [2.05, 4.69) is 38.3 Å². The van der Waals surface area contributed by atoms with Gasteiger partial charge in [0.2, 0.25) is 0 Å². The average Bonchev–Trinajstić information content (AvgIpc) is 3.03. The summed E-state index contributed by atoms with van der Waals surface area (Å²) in [5, 5.41) is 3.90. The van der Waals surface area contributed by atoms with Crippen LogP contribution in [0.1, 0.15) is 21.7 Å². The quantitative estimate of drug-likeness (QED) is 0.673. The number of carbonyl (C=O) groups excluding carboxylic acids is 1. The number of fused-ring (bicyclic) bond motifs is 1. The maximum atomic E-state index is 12.6. The fourth-order valence-electron chi connectivity index (χ4n) is 3.32. The highest BCUT2D eigenvalue weighted by Crippen LogP contribution is 2.28. The molecule has 140 valence electrons. The van der Waals surface area contributed by atoms with Gasteiger partial charge in [0.15, 0.2) is 5.76 Å². The molecule has 2 aromatic carbocycles. The molecule has 0 atom stereocenters. The van der Waals surface area contributed by atoms with Crippen LogP contribution < -0.4 is 10.2 Å². The third-order valence-corrected chi connectivity index (χ3v) is 5.36. The molecule has 4 rings (SSSR count). The summed E-state index contributed by atoms with van der Waals surface area (Å²) in [4.78, 5) is 14.9. The summed E-state index contributed by atoms with van der Waals surface area (Å²) in [5.74, 6) is 0.171. The lowest BCUT2D eigenvalue weighted by Gasteiger charge is -2.28. The number of rotatable bonds is 4. The van der Waals surface area contributed by atoms with Crippen LogP contribution >= 0.6 is 15.9 Å². The number of anilines is 1. The topological polar surface area (TPSA) is 54.7 Å². The molecule has 1 aliphatic rings. The lowest BCUT2D eigenvalue weighted by Crippen LogP contribution is -2.36. The summed E-state index contributed by atoms with van der Waals surface area (Å²) in [6.45, 7) is 5.73. The first kappa shape index (κ1) is 18.1. The van der Waals surface area contributed by atoms with Crippen molar-refractivity contribution in [1.29, 1.82) is 0 Å². The van der Waals surface area contributed by atoms with E-state index in [4.69, 9.17) is 9.15 Å². The van der Waals surface area contributed by atoms with Gasteiger partial charge < -0.3 is 19.4 Å². The summed E-state index contributed by atoms with van der Waals surface area (Å²) in [7, 11) is 0. The van der Waals surface area contributed by atoms with Crippen LogP contribution in [0.2, 0.25) is 0 Å². The predicted octanol–water partition coefficient (Wildman–Crippen LogP) is 4.27. The molecule has 0 saturated carbocycles. The Labute approximate surface area is 166 Å². The second-order valence-corrected chi connectivity index (χ2v) is 7.56. The number of aryl methyl sites for hydroxylation is 1. The first-order valence-corrected chi connectivity index (χ1v) is 9.79. The van der Waals surface area contributed by atoms with Crippen LogP contribution in [0.15, 0.2) is 51.4 Å². The predicted molar refractivity (Wildman–Crippen MR) is 109 cm³/mol. The molecule has 3 aromatic rings. The Kier molecular flexibility index (Phi) is 5.18. The number of carbonyl (C=O) groups is 1. The van der Waals surface area contributed by atoms with E-state index >= 15 is 0 Å². The van der Waals surface area contributed by atoms with Crippen molar-refractivity contribution < 1.29 is 13.9 Å². The van der Waals surface area contributed by atoms with E-state index in [-0.39, 0.29) is 5.91 Å². The van der Waals surface area contributed by atoms with Gasteiger partial charge in [-0.3, -0.25) is 4.79 Å². The van der Waals surface area contributed by atoms with Crippen molar-refractivity contribution in [2.45, 2.75) is 13.5 Å². The zero-order chi connectivity index (χ0) is 18.8. The molecule has 1 N–H and O–H groups in total. The number of furan rings is 1. The van der Waals surface area contributed by atoms with Crippen molar-refractivity contribution in [3.63, 3.8) is 0 Å². The van der Waals surface area contributed by atoms with Crippen LogP contribution in [0.5, 0.6) is 0 Å². The second kappa shape index (κ2) is 7.74. The number of amides is 1. The van der Waals surface area contributed by atoms with Crippen molar-refractivity contribution in [3.05, 3.63) is 63.8 Å². The molecule has 0 unspecified atom stereocenters. The van der Waals surface area contributed by atoms with Gasteiger partial charge in [-0.25, -0.2) is 0 Å². The van der Waals surface area contributed by atoms with E-state index in [0.29, 0.717) is 12.3 Å². The largest absolute Gasteiger partial charge is 0.451 e. The Morgan fingerprint density at radius 3 is 2.63 bits per heavy atom. The van der Waals surface area contributed by atoms with E-state index in [1.54, 1.807) is 0 Å². The van der Waals surface area contributed by atoms with Crippen molar-refractivity contribution in [2.75, 3.05) is 31.2 Å². The highest BCUT2D eigenvalue weighted by atomic mass is 79.9. The van der Waals surface area contributed by atoms with Gasteiger partial charge in [0.25, 0.3) is 5.91 Å². The van der Waals surface area contributed by atoms with Crippen LogP contribution in [0.4, 0.5) is 5.69 Å². The molecule has 0 aliphatic carbocycles. The summed E-state index contributed by atoms with van der Waals surface area (Å²) in [5.41, 5.74) is 3.81. The van der Waals surface area contributed by atoms with Gasteiger partial charge in [0, 0.05) is 40.7 Å². The van der Waals surface area contributed by atoms with E-state index in [1.807, 2.05) is 37.3 Å². The summed E-state index contributed by atoms with van der Waals surface area (Å²) in [6.07, 6.45) is 0. The van der Waals surface area contributed by atoms with Crippen LogP contribution in [-0.2, 0) is 11.3 Å². The monoisotopic (exact) mass is 428 g/mol. The molecule has 2 heterocycles. The third-order valence-electron chi connectivity index (χ3n) is 4.87. The molecule has 1 amide bonds. The number of halogens is 1. The smallest absolute Gasteiger partial charge is 0.287 e. The van der Waals surface area contributed by atoms with E-state index in [0.717, 1.165) is 52.9 Å². The molecular weight excluding hydrogens is 408 g/mol. The first-order valence-electron chi connectivity index (χ1n) is 9.00. The molecule has 1 saturated heterocycles. The minimum absolute atomic E-state index is 0.197. The van der Waals surface area contributed by atoms with Gasteiger partial charge in [0.1, 0.15) is 5.58 Å². The summed E-state index contributed by atoms with van der Waals surface area (Å²) < 4.78 is 12.1. The minimum Gasteiger partial charge on any atom is -0.451 e. The summed E-state index contributed by atoms with van der Waals surface area (Å²) in [6, 6.07) is 14.0. The maximum Gasteiger partial charge on any atom is 0.287 e. The van der Waals surface area contributed by atoms with Gasteiger partial charge in [0.05, 0.1) is 13.2 Å².